The monoisotopic (exact) mass is 1640 g/mol. The lowest BCUT2D eigenvalue weighted by atomic mass is 9.83. The zero-order valence-electron chi connectivity index (χ0n) is 67.4. The Hall–Kier alpha value is -10.5. The van der Waals surface area contributed by atoms with Crippen molar-refractivity contribution in [2.45, 2.75) is 259 Å². The average molecular weight is 1640 g/mol. The number of hydrogen-bond acceptors (Lipinski definition) is 18. The van der Waals surface area contributed by atoms with Crippen molar-refractivity contribution < 1.29 is 86.2 Å². The maximum absolute atomic E-state index is 14.7. The summed E-state index contributed by atoms with van der Waals surface area (Å²) >= 11 is 0. The molecule has 11 N–H and O–H groups in total. The van der Waals surface area contributed by atoms with E-state index in [1.807, 2.05) is 41.5 Å². The zero-order valence-corrected chi connectivity index (χ0v) is 68.5. The molecule has 2 aliphatic carbocycles. The van der Waals surface area contributed by atoms with Gasteiger partial charge in [0.2, 0.25) is 58.8 Å². The fourth-order valence-electron chi connectivity index (χ4n) is 15.1. The lowest BCUT2D eigenvalue weighted by Crippen LogP contribution is -2.58. The Bertz CT molecular complexity index is 4160. The molecular formula is C86H121N12O18P. The van der Waals surface area contributed by atoms with E-state index in [2.05, 4.69) is 57.0 Å². The van der Waals surface area contributed by atoms with Crippen LogP contribution >= 0.6 is 9.39 Å². The van der Waals surface area contributed by atoms with Gasteiger partial charge in [0.05, 0.1) is 59.7 Å². The van der Waals surface area contributed by atoms with Gasteiger partial charge in [0.25, 0.3) is 23.6 Å². The van der Waals surface area contributed by atoms with Crippen molar-refractivity contribution in [1.82, 2.24) is 57.4 Å². The highest BCUT2D eigenvalue weighted by molar-refractivity contribution is 7.15. The Labute approximate surface area is 688 Å². The summed E-state index contributed by atoms with van der Waals surface area (Å²) in [5.41, 5.74) is 5.91. The summed E-state index contributed by atoms with van der Waals surface area (Å²) in [6.45, 7) is 16.2. The van der Waals surface area contributed by atoms with Crippen LogP contribution in [0.25, 0.3) is 0 Å². The molecule has 12 amide bonds. The molecule has 4 aromatic carbocycles. The van der Waals surface area contributed by atoms with Gasteiger partial charge >= 0.3 is 0 Å². The molecule has 8 rings (SSSR count). The second kappa shape index (κ2) is 45.9. The second-order valence-electron chi connectivity index (χ2n) is 31.6. The Morgan fingerprint density at radius 2 is 0.795 bits per heavy atom. The van der Waals surface area contributed by atoms with E-state index < -0.39 is 167 Å². The molecule has 30 nitrogen and oxygen atoms in total. The van der Waals surface area contributed by atoms with Gasteiger partial charge < -0.3 is 72.6 Å². The number of likely N-dealkylation sites (tertiary alicyclic amines) is 2. The third-order valence-corrected chi connectivity index (χ3v) is 20.7. The maximum Gasteiger partial charge on any atom is 0.290 e. The maximum atomic E-state index is 14.7. The number of primary amides is 1. The van der Waals surface area contributed by atoms with E-state index in [4.69, 9.17) is 15.2 Å². The predicted octanol–water partition coefficient (Wildman–Crippen LogP) is 7.02. The summed E-state index contributed by atoms with van der Waals surface area (Å²) < 4.78 is 12.5. The van der Waals surface area contributed by atoms with Crippen LogP contribution < -0.4 is 53.4 Å². The van der Waals surface area contributed by atoms with Gasteiger partial charge in [0.15, 0.2) is 11.6 Å². The SMILES string of the molecule is C.C.CCCC(NC(=O)[C@@H]1C[C@@H](OC(C)(C)C)CN1C(=O)[C@@H](NC(=O)c1ccccc1C(C)=O)C1CCCCC1)C(=O)C(=O)NCC(=O)N[C@H](C(=O)NP)c1ccccc1.CCCC(NC(=O)[C@@H]1C[C@@H](OC(C)(C)C)CN1C(=O)[C@@H](NC(=O)c1ccccc1C(C)=O)C1CCCCC1)C(=O)C(=O)NCC(=O)N[C@H](C(N)=O)c1ccccc1. The molecular weight excluding hydrogens is 1520 g/mol. The Morgan fingerprint density at radius 1 is 0.462 bits per heavy atom. The quantitative estimate of drug-likeness (QED) is 0.0127. The van der Waals surface area contributed by atoms with E-state index >= 15 is 0 Å². The summed E-state index contributed by atoms with van der Waals surface area (Å²) in [5.74, 6) is -11.6. The summed E-state index contributed by atoms with van der Waals surface area (Å²) in [7, 11) is 2.07. The van der Waals surface area contributed by atoms with E-state index in [-0.39, 0.29) is 99.3 Å². The van der Waals surface area contributed by atoms with Crippen molar-refractivity contribution in [2.24, 2.45) is 17.6 Å². The number of amides is 12. The molecule has 0 radical (unpaired) electrons. The first-order chi connectivity index (χ1) is 54.5. The Morgan fingerprint density at radius 3 is 1.12 bits per heavy atom. The number of Topliss-reactive ketones (excluding diaryl/α,β-unsaturated/α-hetero) is 4. The number of nitrogens with zero attached hydrogens (tertiary/aromatic N) is 2. The van der Waals surface area contributed by atoms with Gasteiger partial charge in [-0.15, -0.1) is 0 Å². The molecule has 2 heterocycles. The fourth-order valence-corrected chi connectivity index (χ4v) is 15.3. The van der Waals surface area contributed by atoms with E-state index in [9.17, 15) is 76.7 Å². The topological polar surface area (TPSA) is 432 Å². The number of rotatable bonds is 34. The van der Waals surface area contributed by atoms with Crippen LogP contribution in [0.2, 0.25) is 0 Å². The highest BCUT2D eigenvalue weighted by Crippen LogP contribution is 2.34. The van der Waals surface area contributed by atoms with Crippen molar-refractivity contribution in [1.29, 1.82) is 0 Å². The van der Waals surface area contributed by atoms with Gasteiger partial charge in [-0.2, -0.15) is 0 Å². The first kappa shape index (κ1) is 97.1. The zero-order chi connectivity index (χ0) is 84.4. The van der Waals surface area contributed by atoms with Crippen LogP contribution in [0.15, 0.2) is 109 Å². The van der Waals surface area contributed by atoms with Gasteiger partial charge in [-0.3, -0.25) is 76.7 Å². The van der Waals surface area contributed by atoms with Crippen molar-refractivity contribution >= 4 is 103 Å². The lowest BCUT2D eigenvalue weighted by molar-refractivity contribution is -0.143. The highest BCUT2D eigenvalue weighted by Gasteiger charge is 2.49. The van der Waals surface area contributed by atoms with Crippen LogP contribution in [-0.4, -0.2) is 190 Å². The van der Waals surface area contributed by atoms with E-state index in [0.717, 1.165) is 38.5 Å². The van der Waals surface area contributed by atoms with E-state index in [1.54, 1.807) is 111 Å². The van der Waals surface area contributed by atoms with Gasteiger partial charge in [0, 0.05) is 37.1 Å². The summed E-state index contributed by atoms with van der Waals surface area (Å²) in [4.78, 5) is 216. The minimum Gasteiger partial charge on any atom is -0.371 e. The number of ether oxygens (including phenoxy) is 2. The number of ketones is 4. The average Bonchev–Trinajstić information content (AvgIpc) is 1.39. The molecule has 4 aromatic rings. The number of nitrogens with one attached hydrogen (secondary N) is 9. The van der Waals surface area contributed by atoms with Crippen molar-refractivity contribution in [2.75, 3.05) is 26.2 Å². The molecule has 3 unspecified atom stereocenters. The van der Waals surface area contributed by atoms with Crippen molar-refractivity contribution in [3.05, 3.63) is 143 Å². The number of carbonyl (C=O) groups excluding carboxylic acids is 16. The Balaban J connectivity index is 0.000000410. The van der Waals surface area contributed by atoms with Gasteiger partial charge in [-0.25, -0.2) is 0 Å². The minimum absolute atomic E-state index is 0. The lowest BCUT2D eigenvalue weighted by Gasteiger charge is -2.35. The van der Waals surface area contributed by atoms with Crippen LogP contribution in [0.5, 0.6) is 0 Å². The summed E-state index contributed by atoms with van der Waals surface area (Å²) in [6, 6.07) is 20.5. The highest BCUT2D eigenvalue weighted by atomic mass is 31.0. The minimum atomic E-state index is -1.29. The third kappa shape index (κ3) is 28.4. The molecule has 11 atom stereocenters. The molecule has 0 spiro atoms. The smallest absolute Gasteiger partial charge is 0.290 e. The normalized spacial score (nSPS) is 18.3. The molecule has 4 fully saturated rings. The fraction of sp³-hybridized carbons (Fsp3) is 0.535. The summed E-state index contributed by atoms with van der Waals surface area (Å²) in [5, 5.41) is 23.2. The molecule has 2 saturated heterocycles. The number of carbonyl (C=O) groups is 16. The number of nitrogens with two attached hydrogens (primary N) is 1. The van der Waals surface area contributed by atoms with Crippen LogP contribution in [0, 0.1) is 11.8 Å². The van der Waals surface area contributed by atoms with E-state index in [0.29, 0.717) is 49.7 Å². The molecule has 4 aliphatic rings. The molecule has 2 saturated carbocycles. The first-order valence-electron chi connectivity index (χ1n) is 39.6. The molecule has 31 heteroatoms. The van der Waals surface area contributed by atoms with Gasteiger partial charge in [-0.1, -0.05) is 177 Å². The van der Waals surface area contributed by atoms with Crippen molar-refractivity contribution in [3.63, 3.8) is 0 Å². The van der Waals surface area contributed by atoms with E-state index in [1.165, 1.54) is 35.8 Å². The largest absolute Gasteiger partial charge is 0.371 e. The number of benzene rings is 4. The van der Waals surface area contributed by atoms with Crippen LogP contribution in [0.3, 0.4) is 0 Å². The van der Waals surface area contributed by atoms with Crippen LogP contribution in [0.4, 0.5) is 0 Å². The predicted molar refractivity (Wildman–Crippen MR) is 443 cm³/mol. The van der Waals surface area contributed by atoms with Gasteiger partial charge in [-0.05, 0) is 138 Å². The molecule has 0 aromatic heterocycles. The molecule has 2 aliphatic heterocycles. The van der Waals surface area contributed by atoms with Gasteiger partial charge in [0.1, 0.15) is 36.3 Å². The van der Waals surface area contributed by atoms with Crippen molar-refractivity contribution in [3.8, 4) is 0 Å². The standard InChI is InChI=1S/C42H57N6O9P.C42H56N6O9.2CH4/c1-6-15-31(36(51)40(55)43-23-33(50)45-34(39(54)47-58)26-16-9-7-10-17-26)44-38(53)32-22-28(57-42(3,4)5)24-48(32)41(56)35(27-18-11-8-12-19-27)46-37(52)30-21-14-13-20-29(30)25(2)49;1-6-15-31(36(51)40(55)44-23-33(50)46-34(37(43)52)26-16-9-7-10-17-26)45-39(54)32-22-28(57-42(3,4)5)24-48(32)41(56)35(27-18-11-8-12-19-27)47-38(53)30-21-14-13-20-29(30)25(2)49;;/h7,9-10,13-14,16-17,20-21,27-28,31-32,34-35H,6,8,11-12,15,18-19,22-24,58H2,1-5H3,(H,43,55)(H,44,53)(H,45,50)(H,46,52)(H,47,54);7,9-10,13-14,16-17,20-21,27-28,31-32,34-35H,6,8,11-12,15,18-19,22-24H2,1-5H3,(H2,43,52)(H,44,55)(H,45,54)(H,46,50)(H,47,53);2*1H4/t2*28-,31?,32+,34+,35+;;/m11../s1. The molecule has 0 bridgehead atoms. The molecule has 117 heavy (non-hydrogen) atoms. The third-order valence-electron chi connectivity index (χ3n) is 20.4. The van der Waals surface area contributed by atoms with Crippen LogP contribution in [-0.2, 0) is 67.0 Å². The second-order valence-corrected chi connectivity index (χ2v) is 31.9. The van der Waals surface area contributed by atoms with Crippen LogP contribution in [0.1, 0.15) is 251 Å². The summed E-state index contributed by atoms with van der Waals surface area (Å²) in [6.07, 6.45) is 8.17. The number of hydrogen-bond donors (Lipinski definition) is 10. The molecule has 638 valence electrons. The Kier molecular flexibility index (Phi) is 38.1. The first-order valence-corrected chi connectivity index (χ1v) is 40.1.